The van der Waals surface area contributed by atoms with Crippen LogP contribution in [0.2, 0.25) is 5.02 Å². The molecule has 5 nitrogen and oxygen atoms in total. The predicted octanol–water partition coefficient (Wildman–Crippen LogP) is 5.46. The molecule has 9 heteroatoms. The van der Waals surface area contributed by atoms with Gasteiger partial charge in [-0.2, -0.15) is 13.2 Å². The molecule has 0 aromatic heterocycles. The van der Waals surface area contributed by atoms with Gasteiger partial charge in [0, 0.05) is 6.07 Å². The van der Waals surface area contributed by atoms with E-state index in [9.17, 15) is 23.3 Å². The van der Waals surface area contributed by atoms with Crippen molar-refractivity contribution in [2.45, 2.75) is 13.1 Å². The molecule has 2 aromatic carbocycles. The normalized spacial score (nSPS) is 11.2. The van der Waals surface area contributed by atoms with Crippen LogP contribution in [0.25, 0.3) is 0 Å². The Morgan fingerprint density at radius 1 is 1.17 bits per heavy atom. The molecule has 0 bridgehead atoms. The van der Waals surface area contributed by atoms with E-state index in [-0.39, 0.29) is 23.8 Å². The standard InChI is InChI=1S/C15H11ClF3NO4/c1-2-23-14-9(15(17,18)19)7-8-12(13(14)16)24-11-6-4-3-5-10(11)20(21)22/h3-8H,2H2,1H3. The summed E-state index contributed by atoms with van der Waals surface area (Å²) in [6, 6.07) is 7.18. The van der Waals surface area contributed by atoms with E-state index in [0.717, 1.165) is 12.1 Å². The Morgan fingerprint density at radius 3 is 2.42 bits per heavy atom. The maximum Gasteiger partial charge on any atom is 0.420 e. The van der Waals surface area contributed by atoms with Crippen LogP contribution in [0.5, 0.6) is 17.2 Å². The van der Waals surface area contributed by atoms with Crippen LogP contribution in [0.3, 0.4) is 0 Å². The van der Waals surface area contributed by atoms with Gasteiger partial charge in [-0.15, -0.1) is 0 Å². The highest BCUT2D eigenvalue weighted by atomic mass is 35.5. The first-order chi connectivity index (χ1) is 11.3. The quantitative estimate of drug-likeness (QED) is 0.524. The first-order valence-electron chi connectivity index (χ1n) is 6.69. The molecule has 0 saturated carbocycles. The van der Waals surface area contributed by atoms with E-state index in [4.69, 9.17) is 21.1 Å². The number of hydrogen-bond acceptors (Lipinski definition) is 4. The van der Waals surface area contributed by atoms with Crippen molar-refractivity contribution in [3.63, 3.8) is 0 Å². The summed E-state index contributed by atoms with van der Waals surface area (Å²) in [6.45, 7) is 1.46. The number of benzene rings is 2. The highest BCUT2D eigenvalue weighted by Gasteiger charge is 2.36. The van der Waals surface area contributed by atoms with Gasteiger partial charge in [-0.1, -0.05) is 23.7 Å². The van der Waals surface area contributed by atoms with Crippen LogP contribution in [0.15, 0.2) is 36.4 Å². The maximum absolute atomic E-state index is 13.0. The van der Waals surface area contributed by atoms with Crippen LogP contribution >= 0.6 is 11.6 Å². The van der Waals surface area contributed by atoms with Crippen molar-refractivity contribution in [3.05, 3.63) is 57.1 Å². The molecule has 0 amide bonds. The number of nitro benzene ring substituents is 1. The molecule has 0 aliphatic heterocycles. The Kier molecular flexibility index (Phi) is 5.18. The zero-order chi connectivity index (χ0) is 17.9. The van der Waals surface area contributed by atoms with Crippen molar-refractivity contribution < 1.29 is 27.6 Å². The van der Waals surface area contributed by atoms with Gasteiger partial charge in [0.15, 0.2) is 5.75 Å². The second-order valence-electron chi connectivity index (χ2n) is 4.51. The molecule has 0 unspecified atom stereocenters. The zero-order valence-electron chi connectivity index (χ0n) is 12.3. The fourth-order valence-corrected chi connectivity index (χ4v) is 2.20. The molecular weight excluding hydrogens is 351 g/mol. The summed E-state index contributed by atoms with van der Waals surface area (Å²) in [5, 5.41) is 10.6. The van der Waals surface area contributed by atoms with Crippen molar-refractivity contribution in [2.24, 2.45) is 0 Å². The van der Waals surface area contributed by atoms with Crippen molar-refractivity contribution >= 4 is 17.3 Å². The molecular formula is C15H11ClF3NO4. The summed E-state index contributed by atoms with van der Waals surface area (Å²) < 4.78 is 49.4. The smallest absolute Gasteiger partial charge is 0.420 e. The second-order valence-corrected chi connectivity index (χ2v) is 4.89. The third kappa shape index (κ3) is 3.70. The molecule has 24 heavy (non-hydrogen) atoms. The average Bonchev–Trinajstić information content (AvgIpc) is 2.50. The van der Waals surface area contributed by atoms with Gasteiger partial charge in [-0.25, -0.2) is 0 Å². The number of hydrogen-bond donors (Lipinski definition) is 0. The SMILES string of the molecule is CCOc1c(C(F)(F)F)ccc(Oc2ccccc2[N+](=O)[O-])c1Cl. The molecule has 0 aliphatic rings. The molecule has 0 heterocycles. The molecule has 0 spiro atoms. The van der Waals surface area contributed by atoms with Crippen molar-refractivity contribution in [3.8, 4) is 17.2 Å². The molecule has 0 radical (unpaired) electrons. The lowest BCUT2D eigenvalue weighted by Gasteiger charge is -2.17. The third-order valence-corrected chi connectivity index (χ3v) is 3.30. The lowest BCUT2D eigenvalue weighted by atomic mass is 10.2. The van der Waals surface area contributed by atoms with Gasteiger partial charge in [-0.3, -0.25) is 10.1 Å². The number of rotatable bonds is 5. The van der Waals surface area contributed by atoms with Crippen molar-refractivity contribution in [2.75, 3.05) is 6.61 Å². The molecule has 2 aromatic rings. The number of nitrogens with zero attached hydrogens (tertiary/aromatic N) is 1. The van der Waals surface area contributed by atoms with Crippen molar-refractivity contribution in [1.82, 2.24) is 0 Å². The Labute approximate surface area is 139 Å². The second kappa shape index (κ2) is 6.96. The first-order valence-corrected chi connectivity index (χ1v) is 7.07. The van der Waals surface area contributed by atoms with Crippen LogP contribution in [-0.2, 0) is 6.18 Å². The molecule has 0 aliphatic carbocycles. The van der Waals surface area contributed by atoms with Crippen LogP contribution in [0.4, 0.5) is 18.9 Å². The van der Waals surface area contributed by atoms with Gasteiger partial charge in [0.25, 0.3) is 0 Å². The lowest BCUT2D eigenvalue weighted by Crippen LogP contribution is -2.09. The largest absolute Gasteiger partial charge is 0.492 e. The Bertz CT molecular complexity index is 765. The Hall–Kier alpha value is -2.48. The minimum Gasteiger partial charge on any atom is -0.492 e. The topological polar surface area (TPSA) is 61.6 Å². The summed E-state index contributed by atoms with van der Waals surface area (Å²) in [5.74, 6) is -0.906. The van der Waals surface area contributed by atoms with Crippen LogP contribution < -0.4 is 9.47 Å². The maximum atomic E-state index is 13.0. The Morgan fingerprint density at radius 2 is 1.83 bits per heavy atom. The number of para-hydroxylation sites is 2. The third-order valence-electron chi connectivity index (χ3n) is 2.94. The summed E-state index contributed by atoms with van der Waals surface area (Å²) in [7, 11) is 0. The summed E-state index contributed by atoms with van der Waals surface area (Å²) in [4.78, 5) is 10.3. The average molecular weight is 362 g/mol. The minimum atomic E-state index is -4.66. The predicted molar refractivity (Wildman–Crippen MR) is 80.8 cm³/mol. The van der Waals surface area contributed by atoms with Gasteiger partial charge in [0.2, 0.25) is 5.75 Å². The summed E-state index contributed by atoms with van der Waals surface area (Å²) in [5.41, 5.74) is -1.39. The molecule has 0 N–H and O–H groups in total. The molecule has 0 fully saturated rings. The van der Waals surface area contributed by atoms with Gasteiger partial charge < -0.3 is 9.47 Å². The zero-order valence-corrected chi connectivity index (χ0v) is 13.0. The van der Waals surface area contributed by atoms with Crippen LogP contribution in [-0.4, -0.2) is 11.5 Å². The number of halogens is 4. The van der Waals surface area contributed by atoms with Crippen molar-refractivity contribution in [1.29, 1.82) is 0 Å². The fraction of sp³-hybridized carbons (Fsp3) is 0.200. The number of nitro groups is 1. The van der Waals surface area contributed by atoms with Crippen LogP contribution in [0.1, 0.15) is 12.5 Å². The Balaban J connectivity index is 2.50. The highest BCUT2D eigenvalue weighted by molar-refractivity contribution is 6.33. The van der Waals surface area contributed by atoms with Gasteiger partial charge in [0.1, 0.15) is 10.8 Å². The van der Waals surface area contributed by atoms with Crippen LogP contribution in [0, 0.1) is 10.1 Å². The van der Waals surface area contributed by atoms with Gasteiger partial charge in [-0.05, 0) is 25.1 Å². The van der Waals surface area contributed by atoms with E-state index in [1.54, 1.807) is 0 Å². The summed E-state index contributed by atoms with van der Waals surface area (Å²) >= 11 is 5.96. The van der Waals surface area contributed by atoms with Gasteiger partial charge in [0.05, 0.1) is 17.1 Å². The van der Waals surface area contributed by atoms with Gasteiger partial charge >= 0.3 is 11.9 Å². The van der Waals surface area contributed by atoms with E-state index in [0.29, 0.717) is 0 Å². The molecule has 0 saturated heterocycles. The highest BCUT2D eigenvalue weighted by Crippen LogP contribution is 2.46. The molecule has 128 valence electrons. The van der Waals surface area contributed by atoms with E-state index in [1.165, 1.54) is 31.2 Å². The van der Waals surface area contributed by atoms with E-state index in [1.807, 2.05) is 0 Å². The molecule has 2 rings (SSSR count). The number of alkyl halides is 3. The van der Waals surface area contributed by atoms with E-state index < -0.39 is 27.4 Å². The minimum absolute atomic E-state index is 0.0439. The first kappa shape index (κ1) is 17.9. The lowest BCUT2D eigenvalue weighted by molar-refractivity contribution is -0.385. The summed E-state index contributed by atoms with van der Waals surface area (Å²) in [6.07, 6.45) is -4.66. The monoisotopic (exact) mass is 361 g/mol. The fourth-order valence-electron chi connectivity index (χ4n) is 1.94. The molecule has 0 atom stereocenters. The number of ether oxygens (including phenoxy) is 2. The van der Waals surface area contributed by atoms with E-state index in [2.05, 4.69) is 0 Å². The van der Waals surface area contributed by atoms with E-state index >= 15 is 0 Å².